The molecule has 146 valence electrons. The Labute approximate surface area is 179 Å². The molecule has 1 N–H and O–H groups in total. The van der Waals surface area contributed by atoms with Crippen molar-refractivity contribution in [3.05, 3.63) is 63.1 Å². The quantitative estimate of drug-likeness (QED) is 0.564. The third-order valence-corrected chi connectivity index (χ3v) is 6.32. The molecule has 0 radical (unpaired) electrons. The second-order valence-electron chi connectivity index (χ2n) is 6.87. The molecule has 2 heterocycles. The van der Waals surface area contributed by atoms with Crippen LogP contribution in [-0.2, 0) is 6.67 Å². The van der Waals surface area contributed by atoms with Gasteiger partial charge in [0.15, 0.2) is 3.95 Å². The lowest BCUT2D eigenvalue weighted by Crippen LogP contribution is -2.47. The molecule has 2 aromatic carbocycles. The molecule has 0 spiro atoms. The van der Waals surface area contributed by atoms with Crippen molar-refractivity contribution in [3.63, 3.8) is 0 Å². The smallest absolute Gasteiger partial charge is 0.209 e. The molecule has 28 heavy (non-hydrogen) atoms. The number of para-hydroxylation sites is 1. The summed E-state index contributed by atoms with van der Waals surface area (Å²) in [5.74, 6) is 0. The molecular formula is C20H22ClN5S2. The van der Waals surface area contributed by atoms with Crippen molar-refractivity contribution in [3.8, 4) is 0 Å². The Balaban J connectivity index is 1.37. The van der Waals surface area contributed by atoms with E-state index in [4.69, 9.17) is 23.8 Å². The molecule has 1 fully saturated rings. The Morgan fingerprint density at radius 1 is 1.11 bits per heavy atom. The average Bonchev–Trinajstić information content (AvgIpc) is 3.02. The zero-order chi connectivity index (χ0) is 19.5. The summed E-state index contributed by atoms with van der Waals surface area (Å²) in [5, 5.41) is 9.65. The fraction of sp³-hybridized carbons (Fsp3) is 0.300. The number of hydrogen-bond donors (Lipinski definition) is 1. The highest BCUT2D eigenvalue weighted by Gasteiger charge is 2.19. The van der Waals surface area contributed by atoms with Gasteiger partial charge in [0.05, 0.1) is 17.4 Å². The summed E-state index contributed by atoms with van der Waals surface area (Å²) in [7, 11) is 0. The topological polar surface area (TPSA) is 36.3 Å². The van der Waals surface area contributed by atoms with Crippen LogP contribution in [-0.4, -0.2) is 40.9 Å². The molecule has 1 aromatic heterocycles. The van der Waals surface area contributed by atoms with Crippen molar-refractivity contribution < 1.29 is 0 Å². The van der Waals surface area contributed by atoms with Gasteiger partial charge in [-0.15, -0.1) is 5.10 Å². The molecule has 0 amide bonds. The van der Waals surface area contributed by atoms with Gasteiger partial charge in [0.25, 0.3) is 0 Å². The van der Waals surface area contributed by atoms with Crippen LogP contribution in [0.25, 0.3) is 0 Å². The summed E-state index contributed by atoms with van der Waals surface area (Å²) in [6.07, 6.45) is 0. The highest BCUT2D eigenvalue weighted by Crippen LogP contribution is 2.26. The second-order valence-corrected chi connectivity index (χ2v) is 8.89. The monoisotopic (exact) mass is 431 g/mol. The summed E-state index contributed by atoms with van der Waals surface area (Å²) in [6, 6.07) is 16.3. The fourth-order valence-electron chi connectivity index (χ4n) is 3.32. The number of hydrogen-bond acceptors (Lipinski definition) is 6. The van der Waals surface area contributed by atoms with Gasteiger partial charge in [0, 0.05) is 31.9 Å². The minimum absolute atomic E-state index is 0.710. The minimum atomic E-state index is 0.710. The Kier molecular flexibility index (Phi) is 5.96. The number of piperazine rings is 1. The fourth-order valence-corrected chi connectivity index (χ4v) is 4.59. The Morgan fingerprint density at radius 3 is 2.64 bits per heavy atom. The largest absolute Gasteiger partial charge is 0.368 e. The van der Waals surface area contributed by atoms with Gasteiger partial charge in [-0.3, -0.25) is 4.90 Å². The van der Waals surface area contributed by atoms with Gasteiger partial charge in [-0.05, 0) is 49.0 Å². The molecule has 0 aliphatic carbocycles. The molecule has 0 unspecified atom stereocenters. The standard InChI is InChI=1S/C20H22ClN5S2/c1-15-5-4-6-16(13-15)22-19-23-26(20(27)28-19)14-24-9-11-25(12-10-24)18-8-3-2-7-17(18)21/h2-8,13H,9-12,14H2,1H3,(H,22,23). The van der Waals surface area contributed by atoms with Crippen molar-refractivity contribution in [2.24, 2.45) is 0 Å². The lowest BCUT2D eigenvalue weighted by Gasteiger charge is -2.36. The van der Waals surface area contributed by atoms with Crippen LogP contribution in [0.15, 0.2) is 48.5 Å². The molecule has 5 nitrogen and oxygen atoms in total. The number of nitrogens with zero attached hydrogens (tertiary/aromatic N) is 4. The summed E-state index contributed by atoms with van der Waals surface area (Å²) < 4.78 is 2.69. The van der Waals surface area contributed by atoms with Crippen LogP contribution in [0.5, 0.6) is 0 Å². The second kappa shape index (κ2) is 8.61. The maximum absolute atomic E-state index is 6.33. The van der Waals surface area contributed by atoms with Crippen LogP contribution in [0.2, 0.25) is 5.02 Å². The van der Waals surface area contributed by atoms with E-state index in [-0.39, 0.29) is 0 Å². The van der Waals surface area contributed by atoms with Crippen LogP contribution in [0.1, 0.15) is 5.56 Å². The number of benzene rings is 2. The maximum atomic E-state index is 6.33. The van der Waals surface area contributed by atoms with E-state index < -0.39 is 0 Å². The molecule has 0 bridgehead atoms. The summed E-state index contributed by atoms with van der Waals surface area (Å²) >= 11 is 13.4. The zero-order valence-corrected chi connectivity index (χ0v) is 18.0. The molecule has 3 aromatic rings. The lowest BCUT2D eigenvalue weighted by molar-refractivity contribution is 0.195. The first-order chi connectivity index (χ1) is 13.6. The van der Waals surface area contributed by atoms with Gasteiger partial charge in [0.2, 0.25) is 5.13 Å². The number of halogens is 1. The SMILES string of the molecule is Cc1cccc(Nc2nn(CN3CCN(c4ccccc4Cl)CC3)c(=S)s2)c1. The number of rotatable bonds is 5. The van der Waals surface area contributed by atoms with Crippen molar-refractivity contribution in [1.29, 1.82) is 0 Å². The lowest BCUT2D eigenvalue weighted by atomic mass is 10.2. The van der Waals surface area contributed by atoms with Gasteiger partial charge >= 0.3 is 0 Å². The predicted octanol–water partition coefficient (Wildman–Crippen LogP) is 5.16. The average molecular weight is 432 g/mol. The van der Waals surface area contributed by atoms with E-state index in [1.54, 1.807) is 0 Å². The maximum Gasteiger partial charge on any atom is 0.209 e. The number of aryl methyl sites for hydroxylation is 1. The molecule has 4 rings (SSSR count). The first kappa shape index (κ1) is 19.4. The van der Waals surface area contributed by atoms with E-state index in [2.05, 4.69) is 45.3 Å². The molecule has 0 saturated carbocycles. The van der Waals surface area contributed by atoms with Crippen molar-refractivity contribution in [2.75, 3.05) is 36.4 Å². The third-order valence-electron chi connectivity index (χ3n) is 4.78. The van der Waals surface area contributed by atoms with Gasteiger partial charge < -0.3 is 10.2 Å². The van der Waals surface area contributed by atoms with Gasteiger partial charge in [-0.1, -0.05) is 47.2 Å². The van der Waals surface area contributed by atoms with Crippen molar-refractivity contribution >= 4 is 51.7 Å². The van der Waals surface area contributed by atoms with Crippen molar-refractivity contribution in [1.82, 2.24) is 14.7 Å². The van der Waals surface area contributed by atoms with Gasteiger partial charge in [-0.25, -0.2) is 4.68 Å². The number of nitrogens with one attached hydrogen (secondary N) is 1. The molecule has 1 saturated heterocycles. The van der Waals surface area contributed by atoms with E-state index in [1.807, 2.05) is 35.0 Å². The minimum Gasteiger partial charge on any atom is -0.368 e. The van der Waals surface area contributed by atoms with E-state index in [0.717, 1.165) is 51.7 Å². The van der Waals surface area contributed by atoms with Gasteiger partial charge in [0.1, 0.15) is 0 Å². The Morgan fingerprint density at radius 2 is 1.89 bits per heavy atom. The summed E-state index contributed by atoms with van der Waals surface area (Å²) in [5.41, 5.74) is 3.35. The Bertz CT molecular complexity index is 1010. The number of anilines is 3. The molecule has 8 heteroatoms. The third kappa shape index (κ3) is 4.55. The normalized spacial score (nSPS) is 15.0. The first-order valence-electron chi connectivity index (χ1n) is 9.22. The highest BCUT2D eigenvalue weighted by molar-refractivity contribution is 7.73. The van der Waals surface area contributed by atoms with Crippen molar-refractivity contribution in [2.45, 2.75) is 13.6 Å². The molecule has 1 aliphatic heterocycles. The van der Waals surface area contributed by atoms with Crippen LogP contribution < -0.4 is 10.2 Å². The van der Waals surface area contributed by atoms with Gasteiger partial charge in [-0.2, -0.15) is 0 Å². The summed E-state index contributed by atoms with van der Waals surface area (Å²) in [4.78, 5) is 4.71. The Hall–Kier alpha value is -1.93. The molecule has 1 aliphatic rings. The molecular weight excluding hydrogens is 410 g/mol. The van der Waals surface area contributed by atoms with Crippen LogP contribution >= 0.6 is 35.2 Å². The first-order valence-corrected chi connectivity index (χ1v) is 10.8. The van der Waals surface area contributed by atoms with E-state index in [9.17, 15) is 0 Å². The number of aromatic nitrogens is 2. The van der Waals surface area contributed by atoms with Crippen LogP contribution in [0.3, 0.4) is 0 Å². The summed E-state index contributed by atoms with van der Waals surface area (Å²) in [6.45, 7) is 6.57. The van der Waals surface area contributed by atoms with E-state index >= 15 is 0 Å². The zero-order valence-electron chi connectivity index (χ0n) is 15.6. The van der Waals surface area contributed by atoms with Crippen LogP contribution in [0.4, 0.5) is 16.5 Å². The van der Waals surface area contributed by atoms with E-state index in [0.29, 0.717) is 6.67 Å². The van der Waals surface area contributed by atoms with Crippen LogP contribution in [0, 0.1) is 10.9 Å². The highest BCUT2D eigenvalue weighted by atomic mass is 35.5. The molecule has 0 atom stereocenters. The van der Waals surface area contributed by atoms with E-state index in [1.165, 1.54) is 16.9 Å². The predicted molar refractivity (Wildman–Crippen MR) is 121 cm³/mol.